The fourth-order valence-corrected chi connectivity index (χ4v) is 3.38. The first kappa shape index (κ1) is 34.7. The van der Waals surface area contributed by atoms with Crippen molar-refractivity contribution in [1.29, 1.82) is 0 Å². The van der Waals surface area contributed by atoms with Crippen LogP contribution in [0.25, 0.3) is 6.08 Å². The number of methoxy groups -OCH3 is 1. The van der Waals surface area contributed by atoms with E-state index in [0.29, 0.717) is 24.3 Å². The van der Waals surface area contributed by atoms with Gasteiger partial charge in [0.1, 0.15) is 0 Å². The number of hydrogen-bond donors (Lipinski definition) is 1. The van der Waals surface area contributed by atoms with Crippen molar-refractivity contribution in [2.45, 2.75) is 85.2 Å². The smallest absolute Gasteiger partial charge is 0.311 e. The molecule has 1 aromatic rings. The van der Waals surface area contributed by atoms with Crippen molar-refractivity contribution in [3.05, 3.63) is 103 Å². The Morgan fingerprint density at radius 1 is 0.800 bits per heavy atom. The molecule has 0 fully saturated rings. The lowest BCUT2D eigenvalue weighted by molar-refractivity contribution is -0.134. The number of benzene rings is 1. The van der Waals surface area contributed by atoms with Gasteiger partial charge in [0.2, 0.25) is 0 Å². The Bertz CT molecular complexity index is 1050. The summed E-state index contributed by atoms with van der Waals surface area (Å²) in [6.07, 6.45) is 35.7. The first-order chi connectivity index (χ1) is 19.3. The lowest BCUT2D eigenvalue weighted by atomic mass is 9.89. The number of hydrogen-bond acceptors (Lipinski definition) is 4. The van der Waals surface area contributed by atoms with Crippen LogP contribution >= 0.6 is 0 Å². The molecule has 0 aliphatic heterocycles. The van der Waals surface area contributed by atoms with Gasteiger partial charge in [-0.25, -0.2) is 0 Å². The van der Waals surface area contributed by atoms with Gasteiger partial charge in [-0.05, 0) is 68.1 Å². The van der Waals surface area contributed by atoms with Crippen LogP contribution in [-0.4, -0.2) is 24.3 Å². The third kappa shape index (κ3) is 17.3. The van der Waals surface area contributed by atoms with E-state index >= 15 is 0 Å². The molecule has 4 nitrogen and oxygen atoms in total. The van der Waals surface area contributed by atoms with Crippen molar-refractivity contribution in [3.8, 4) is 11.5 Å². The normalized spacial score (nSPS) is 13.8. The molecule has 40 heavy (non-hydrogen) atoms. The van der Waals surface area contributed by atoms with Gasteiger partial charge in [0.15, 0.2) is 11.5 Å². The Morgan fingerprint density at radius 3 is 1.77 bits per heavy atom. The summed E-state index contributed by atoms with van der Waals surface area (Å²) in [5.74, 6) is 0.572. The number of carbonyl (C=O) groups excluding carboxylic acids is 1. The van der Waals surface area contributed by atoms with Crippen molar-refractivity contribution in [1.82, 2.24) is 0 Å². The molecule has 1 rings (SSSR count). The first-order valence-corrected chi connectivity index (χ1v) is 14.4. The summed E-state index contributed by atoms with van der Waals surface area (Å²) in [6, 6.07) is 5.35. The van der Waals surface area contributed by atoms with Crippen molar-refractivity contribution >= 4 is 12.0 Å². The lowest BCUT2D eigenvalue weighted by Gasteiger charge is -2.22. The molecule has 0 saturated heterocycles. The topological polar surface area (TPSA) is 55.8 Å². The van der Waals surface area contributed by atoms with Gasteiger partial charge in [-0.2, -0.15) is 0 Å². The van der Waals surface area contributed by atoms with Gasteiger partial charge in [-0.3, -0.25) is 4.79 Å². The third-order valence-corrected chi connectivity index (χ3v) is 5.88. The Kier molecular flexibility index (Phi) is 18.6. The number of aliphatic hydroxyl groups excluding tert-OH is 1. The van der Waals surface area contributed by atoms with Crippen LogP contribution in [0.3, 0.4) is 0 Å². The number of allylic oxidation sites excluding steroid dienone is 12. The van der Waals surface area contributed by atoms with Crippen LogP contribution in [-0.2, 0) is 4.79 Å². The predicted octanol–water partition coefficient (Wildman–Crippen LogP) is 9.50. The van der Waals surface area contributed by atoms with Gasteiger partial charge in [-0.1, -0.05) is 119 Å². The summed E-state index contributed by atoms with van der Waals surface area (Å²) in [6.45, 7) is 8.08. The van der Waals surface area contributed by atoms with E-state index in [0.717, 1.165) is 44.1 Å². The van der Waals surface area contributed by atoms with Crippen LogP contribution in [0, 0.1) is 5.41 Å². The fraction of sp³-hybridized carbons (Fsp3) is 0.417. The van der Waals surface area contributed by atoms with Gasteiger partial charge in [0, 0.05) is 6.42 Å². The maximum Gasteiger partial charge on any atom is 0.311 e. The SMILES string of the molecule is CC/C=C\C/C=C\C/C=C\C/C=C\C/C=C\C/C=C\CCC(=O)Oc1ccc(/C=C/[C@H](O)C(C)(C)C)cc1OC. The average molecular weight is 547 g/mol. The molecular weight excluding hydrogens is 496 g/mol. The summed E-state index contributed by atoms with van der Waals surface area (Å²) in [5, 5.41) is 10.2. The Morgan fingerprint density at radius 2 is 1.30 bits per heavy atom. The molecule has 1 atom stereocenters. The highest BCUT2D eigenvalue weighted by molar-refractivity contribution is 5.73. The molecule has 218 valence electrons. The molecule has 0 aromatic heterocycles. The number of ether oxygens (including phenoxy) is 2. The third-order valence-electron chi connectivity index (χ3n) is 5.88. The van der Waals surface area contributed by atoms with E-state index in [1.165, 1.54) is 0 Å². The number of carbonyl (C=O) groups is 1. The molecular formula is C36H50O4. The zero-order valence-corrected chi connectivity index (χ0v) is 25.2. The zero-order chi connectivity index (χ0) is 29.5. The number of rotatable bonds is 18. The van der Waals surface area contributed by atoms with Gasteiger partial charge < -0.3 is 14.6 Å². The van der Waals surface area contributed by atoms with Crippen LogP contribution < -0.4 is 9.47 Å². The van der Waals surface area contributed by atoms with E-state index in [9.17, 15) is 9.90 Å². The van der Waals surface area contributed by atoms with Gasteiger partial charge in [0.25, 0.3) is 0 Å². The minimum Gasteiger partial charge on any atom is -0.493 e. The van der Waals surface area contributed by atoms with Crippen LogP contribution in [0.2, 0.25) is 0 Å². The summed E-state index contributed by atoms with van der Waals surface area (Å²) in [7, 11) is 1.54. The van der Waals surface area contributed by atoms with E-state index < -0.39 is 6.10 Å². The van der Waals surface area contributed by atoms with Crippen molar-refractivity contribution in [3.63, 3.8) is 0 Å². The number of aliphatic hydroxyl groups is 1. The fourth-order valence-electron chi connectivity index (χ4n) is 3.38. The van der Waals surface area contributed by atoms with Crippen LogP contribution in [0.4, 0.5) is 0 Å². The summed E-state index contributed by atoms with van der Waals surface area (Å²) in [4.78, 5) is 12.3. The molecule has 1 N–H and O–H groups in total. The second-order valence-electron chi connectivity index (χ2n) is 10.5. The van der Waals surface area contributed by atoms with Crippen LogP contribution in [0.15, 0.2) is 97.2 Å². The molecule has 0 saturated carbocycles. The largest absolute Gasteiger partial charge is 0.493 e. The van der Waals surface area contributed by atoms with E-state index in [-0.39, 0.29) is 11.4 Å². The highest BCUT2D eigenvalue weighted by atomic mass is 16.6. The zero-order valence-electron chi connectivity index (χ0n) is 25.2. The molecule has 4 heteroatoms. The van der Waals surface area contributed by atoms with E-state index in [1.807, 2.05) is 39.0 Å². The van der Waals surface area contributed by atoms with E-state index in [4.69, 9.17) is 9.47 Å². The maximum absolute atomic E-state index is 12.3. The summed E-state index contributed by atoms with van der Waals surface area (Å²) < 4.78 is 10.9. The summed E-state index contributed by atoms with van der Waals surface area (Å²) >= 11 is 0. The Balaban J connectivity index is 2.27. The molecule has 1 aromatic carbocycles. The second kappa shape index (κ2) is 21.5. The van der Waals surface area contributed by atoms with Gasteiger partial charge >= 0.3 is 5.97 Å². The monoisotopic (exact) mass is 546 g/mol. The molecule has 0 bridgehead atoms. The van der Waals surface area contributed by atoms with Crippen LogP contribution in [0.1, 0.15) is 84.6 Å². The highest BCUT2D eigenvalue weighted by Gasteiger charge is 2.19. The standard InChI is InChI=1S/C36H50O4/c1-6-7-8-9-10-11-12-13-14-15-16-17-18-19-20-21-22-23-24-25-35(38)40-32-28-26-31(30-33(32)39-5)27-29-34(37)36(2,3)4/h7-8,10-11,13-14,16-17,19-20,22-23,26-30,34,37H,6,9,12,15,18,21,24-25H2,1-5H3/b8-7-,11-10-,14-13-,17-16-,20-19-,23-22-,29-27+/t34-/m0/s1. The quantitative estimate of drug-likeness (QED) is 0.113. The van der Waals surface area contributed by atoms with E-state index in [2.05, 4.69) is 73.8 Å². The van der Waals surface area contributed by atoms with Gasteiger partial charge in [0.05, 0.1) is 13.2 Å². The molecule has 0 radical (unpaired) electrons. The Hall–Kier alpha value is -3.37. The summed E-state index contributed by atoms with van der Waals surface area (Å²) in [5.41, 5.74) is 0.622. The molecule has 0 spiro atoms. The molecule has 0 aliphatic rings. The molecule has 0 unspecified atom stereocenters. The minimum atomic E-state index is -0.565. The van der Waals surface area contributed by atoms with Crippen molar-refractivity contribution in [2.24, 2.45) is 5.41 Å². The van der Waals surface area contributed by atoms with E-state index in [1.54, 1.807) is 25.3 Å². The van der Waals surface area contributed by atoms with Gasteiger partial charge in [-0.15, -0.1) is 0 Å². The molecule has 0 heterocycles. The molecule has 0 amide bonds. The predicted molar refractivity (Wildman–Crippen MR) is 171 cm³/mol. The highest BCUT2D eigenvalue weighted by Crippen LogP contribution is 2.29. The second-order valence-corrected chi connectivity index (χ2v) is 10.5. The van der Waals surface area contributed by atoms with Crippen molar-refractivity contribution < 1.29 is 19.4 Å². The Labute approximate surface area is 243 Å². The van der Waals surface area contributed by atoms with Crippen LogP contribution in [0.5, 0.6) is 11.5 Å². The average Bonchev–Trinajstić information content (AvgIpc) is 2.93. The maximum atomic E-state index is 12.3. The van der Waals surface area contributed by atoms with Crippen molar-refractivity contribution in [2.75, 3.05) is 7.11 Å². The molecule has 0 aliphatic carbocycles. The minimum absolute atomic E-state index is 0.237. The lowest BCUT2D eigenvalue weighted by Crippen LogP contribution is -2.23. The number of esters is 1. The first-order valence-electron chi connectivity index (χ1n) is 14.4.